The molecule has 0 spiro atoms. The third-order valence-corrected chi connectivity index (χ3v) is 2.23. The summed E-state index contributed by atoms with van der Waals surface area (Å²) in [5, 5.41) is 27.1. The van der Waals surface area contributed by atoms with Crippen LogP contribution in [0.2, 0.25) is 0 Å². The van der Waals surface area contributed by atoms with E-state index >= 15 is 0 Å². The van der Waals surface area contributed by atoms with Crippen molar-refractivity contribution >= 4 is 11.9 Å². The SMILES string of the molecule is O=C(O)C[C@H](C(=O)O)[C@H](O)c1ccccc1. The van der Waals surface area contributed by atoms with Gasteiger partial charge in [-0.25, -0.2) is 0 Å². The lowest BCUT2D eigenvalue weighted by Crippen LogP contribution is -2.24. The molecule has 0 aliphatic heterocycles. The molecular formula is C11H12O5. The predicted octanol–water partition coefficient (Wildman–Crippen LogP) is 0.895. The number of aliphatic hydroxyl groups is 1. The van der Waals surface area contributed by atoms with Crippen LogP contribution in [-0.4, -0.2) is 27.3 Å². The van der Waals surface area contributed by atoms with Crippen molar-refractivity contribution in [3.8, 4) is 0 Å². The molecule has 5 heteroatoms. The molecule has 0 bridgehead atoms. The Labute approximate surface area is 92.0 Å². The van der Waals surface area contributed by atoms with E-state index in [-0.39, 0.29) is 0 Å². The highest BCUT2D eigenvalue weighted by atomic mass is 16.4. The Morgan fingerprint density at radius 1 is 1.12 bits per heavy atom. The predicted molar refractivity (Wildman–Crippen MR) is 54.8 cm³/mol. The Bertz CT molecular complexity index is 373. The molecule has 0 aliphatic rings. The van der Waals surface area contributed by atoms with Crippen LogP contribution in [0.15, 0.2) is 30.3 Å². The Hall–Kier alpha value is -1.88. The summed E-state index contributed by atoms with van der Waals surface area (Å²) in [4.78, 5) is 21.3. The number of carboxylic acids is 2. The van der Waals surface area contributed by atoms with Gasteiger partial charge in [-0.2, -0.15) is 0 Å². The first kappa shape index (κ1) is 12.2. The molecule has 5 nitrogen and oxygen atoms in total. The Balaban J connectivity index is 2.87. The third kappa shape index (κ3) is 3.06. The summed E-state index contributed by atoms with van der Waals surface area (Å²) < 4.78 is 0. The van der Waals surface area contributed by atoms with E-state index in [0.717, 1.165) is 0 Å². The number of rotatable bonds is 5. The number of carbonyl (C=O) groups is 2. The lowest BCUT2D eigenvalue weighted by atomic mass is 9.93. The average Bonchev–Trinajstić information content (AvgIpc) is 2.25. The van der Waals surface area contributed by atoms with Gasteiger partial charge in [-0.05, 0) is 5.56 Å². The number of hydrogen-bond acceptors (Lipinski definition) is 3. The quantitative estimate of drug-likeness (QED) is 0.690. The summed E-state index contributed by atoms with van der Waals surface area (Å²) in [6.07, 6.45) is -1.92. The molecule has 0 unspecified atom stereocenters. The maximum Gasteiger partial charge on any atom is 0.310 e. The fourth-order valence-electron chi connectivity index (χ4n) is 1.40. The summed E-state index contributed by atoms with van der Waals surface area (Å²) in [6.45, 7) is 0. The van der Waals surface area contributed by atoms with E-state index in [1.807, 2.05) is 0 Å². The molecule has 2 atom stereocenters. The molecule has 0 saturated heterocycles. The van der Waals surface area contributed by atoms with Gasteiger partial charge in [0.15, 0.2) is 0 Å². The fourth-order valence-corrected chi connectivity index (χ4v) is 1.40. The van der Waals surface area contributed by atoms with Crippen molar-refractivity contribution in [2.75, 3.05) is 0 Å². The Kier molecular flexibility index (Phi) is 4.02. The van der Waals surface area contributed by atoms with Crippen molar-refractivity contribution in [2.24, 2.45) is 5.92 Å². The van der Waals surface area contributed by atoms with Gasteiger partial charge in [0.25, 0.3) is 0 Å². The highest BCUT2D eigenvalue weighted by Gasteiger charge is 2.29. The van der Waals surface area contributed by atoms with Crippen LogP contribution in [-0.2, 0) is 9.59 Å². The van der Waals surface area contributed by atoms with Crippen molar-refractivity contribution in [1.82, 2.24) is 0 Å². The van der Waals surface area contributed by atoms with E-state index < -0.39 is 30.4 Å². The fraction of sp³-hybridized carbons (Fsp3) is 0.273. The molecule has 16 heavy (non-hydrogen) atoms. The summed E-state index contributed by atoms with van der Waals surface area (Å²) in [5.74, 6) is -3.90. The second-order valence-electron chi connectivity index (χ2n) is 3.40. The van der Waals surface area contributed by atoms with Crippen LogP contribution in [0.4, 0.5) is 0 Å². The van der Waals surface area contributed by atoms with Gasteiger partial charge >= 0.3 is 11.9 Å². The van der Waals surface area contributed by atoms with Crippen molar-refractivity contribution < 1.29 is 24.9 Å². The normalized spacial score (nSPS) is 14.1. The van der Waals surface area contributed by atoms with Crippen LogP contribution >= 0.6 is 0 Å². The van der Waals surface area contributed by atoms with Gasteiger partial charge in [0.05, 0.1) is 18.4 Å². The number of benzene rings is 1. The minimum Gasteiger partial charge on any atom is -0.481 e. The van der Waals surface area contributed by atoms with Crippen LogP contribution in [0.3, 0.4) is 0 Å². The van der Waals surface area contributed by atoms with Crippen molar-refractivity contribution in [1.29, 1.82) is 0 Å². The molecule has 1 rings (SSSR count). The van der Waals surface area contributed by atoms with Gasteiger partial charge in [-0.3, -0.25) is 9.59 Å². The van der Waals surface area contributed by atoms with Crippen LogP contribution in [0.5, 0.6) is 0 Å². The molecule has 86 valence electrons. The average molecular weight is 224 g/mol. The van der Waals surface area contributed by atoms with Crippen molar-refractivity contribution in [3.05, 3.63) is 35.9 Å². The molecule has 1 aromatic carbocycles. The zero-order valence-corrected chi connectivity index (χ0v) is 8.41. The van der Waals surface area contributed by atoms with E-state index in [1.165, 1.54) is 0 Å². The minimum atomic E-state index is -1.33. The van der Waals surface area contributed by atoms with Gasteiger partial charge in [0.1, 0.15) is 0 Å². The Morgan fingerprint density at radius 3 is 2.12 bits per heavy atom. The molecule has 0 saturated carbocycles. The van der Waals surface area contributed by atoms with Gasteiger partial charge in [0.2, 0.25) is 0 Å². The molecule has 0 radical (unpaired) electrons. The van der Waals surface area contributed by atoms with Gasteiger partial charge < -0.3 is 15.3 Å². The minimum absolute atomic E-state index is 0.399. The van der Waals surface area contributed by atoms with E-state index in [9.17, 15) is 14.7 Å². The monoisotopic (exact) mass is 224 g/mol. The van der Waals surface area contributed by atoms with Crippen LogP contribution in [0, 0.1) is 5.92 Å². The first-order valence-electron chi connectivity index (χ1n) is 4.70. The number of hydrogen-bond donors (Lipinski definition) is 3. The molecular weight excluding hydrogens is 212 g/mol. The summed E-state index contributed by atoms with van der Waals surface area (Å²) in [5.41, 5.74) is 0.399. The molecule has 1 aromatic rings. The van der Waals surface area contributed by atoms with E-state index in [0.29, 0.717) is 5.56 Å². The second kappa shape index (κ2) is 5.27. The summed E-state index contributed by atoms with van der Waals surface area (Å²) in [7, 11) is 0. The second-order valence-corrected chi connectivity index (χ2v) is 3.40. The van der Waals surface area contributed by atoms with Gasteiger partial charge in [0, 0.05) is 0 Å². The van der Waals surface area contributed by atoms with E-state index in [4.69, 9.17) is 10.2 Å². The van der Waals surface area contributed by atoms with Gasteiger partial charge in [-0.15, -0.1) is 0 Å². The first-order chi connectivity index (χ1) is 7.52. The summed E-state index contributed by atoms with van der Waals surface area (Å²) >= 11 is 0. The van der Waals surface area contributed by atoms with Crippen LogP contribution in [0.25, 0.3) is 0 Å². The Morgan fingerprint density at radius 2 is 1.69 bits per heavy atom. The molecule has 0 aliphatic carbocycles. The van der Waals surface area contributed by atoms with Crippen LogP contribution in [0.1, 0.15) is 18.1 Å². The molecule has 0 aromatic heterocycles. The number of carboxylic acid groups (broad SMARTS) is 2. The van der Waals surface area contributed by atoms with E-state index in [1.54, 1.807) is 30.3 Å². The maximum atomic E-state index is 10.8. The smallest absolute Gasteiger partial charge is 0.310 e. The number of aliphatic carboxylic acids is 2. The van der Waals surface area contributed by atoms with Crippen molar-refractivity contribution in [3.63, 3.8) is 0 Å². The first-order valence-corrected chi connectivity index (χ1v) is 4.70. The zero-order valence-electron chi connectivity index (χ0n) is 8.41. The highest BCUT2D eigenvalue weighted by molar-refractivity contribution is 5.78. The molecule has 0 amide bonds. The van der Waals surface area contributed by atoms with Crippen LogP contribution < -0.4 is 0 Å². The standard InChI is InChI=1S/C11H12O5/c12-9(13)6-8(11(15)16)10(14)7-4-2-1-3-5-7/h1-5,8,10,14H,6H2,(H,12,13)(H,15,16)/t8-,10+/m0/s1. The highest BCUT2D eigenvalue weighted by Crippen LogP contribution is 2.24. The largest absolute Gasteiger partial charge is 0.481 e. The lowest BCUT2D eigenvalue weighted by Gasteiger charge is -2.17. The lowest BCUT2D eigenvalue weighted by molar-refractivity contribution is -0.152. The molecule has 0 heterocycles. The zero-order chi connectivity index (χ0) is 12.1. The topological polar surface area (TPSA) is 94.8 Å². The maximum absolute atomic E-state index is 10.8. The van der Waals surface area contributed by atoms with Crippen molar-refractivity contribution in [2.45, 2.75) is 12.5 Å². The summed E-state index contributed by atoms with van der Waals surface area (Å²) in [6, 6.07) is 8.14. The number of aliphatic hydroxyl groups excluding tert-OH is 1. The van der Waals surface area contributed by atoms with Gasteiger partial charge in [-0.1, -0.05) is 30.3 Å². The molecule has 3 N–H and O–H groups in total. The third-order valence-electron chi connectivity index (χ3n) is 2.23. The molecule has 0 fully saturated rings. The van der Waals surface area contributed by atoms with E-state index in [2.05, 4.69) is 0 Å².